The number of terminal acetylenes is 1. The lowest BCUT2D eigenvalue weighted by atomic mass is 10.3. The molecule has 6 nitrogen and oxygen atoms in total. The molecule has 2 rings (SSSR count). The first kappa shape index (κ1) is 13.2. The van der Waals surface area contributed by atoms with Crippen molar-refractivity contribution in [2.24, 2.45) is 0 Å². The lowest BCUT2D eigenvalue weighted by molar-refractivity contribution is -0.383. The Morgan fingerprint density at radius 3 is 3.16 bits per heavy atom. The first-order valence-corrected chi connectivity index (χ1v) is 6.67. The normalized spacial score (nSPS) is 10.3. The number of oxazole rings is 1. The third kappa shape index (κ3) is 3.17. The zero-order chi connectivity index (χ0) is 13.7. The number of non-ortho nitro benzene ring substituents is 1. The molecule has 2 aromatic rings. The molecule has 0 unspecified atom stereocenters. The van der Waals surface area contributed by atoms with E-state index in [1.807, 2.05) is 0 Å². The highest BCUT2D eigenvalue weighted by Gasteiger charge is 2.16. The van der Waals surface area contributed by atoms with Gasteiger partial charge in [0.25, 0.3) is 11.7 Å². The van der Waals surface area contributed by atoms with Crippen LogP contribution < -0.4 is 5.32 Å². The van der Waals surface area contributed by atoms with Crippen molar-refractivity contribution in [1.29, 1.82) is 0 Å². The minimum absolute atomic E-state index is 0.0593. The number of rotatable bonds is 6. The van der Waals surface area contributed by atoms with E-state index in [2.05, 4.69) is 16.2 Å². The molecule has 0 saturated heterocycles. The average Bonchev–Trinajstić information content (AvgIpc) is 2.80. The van der Waals surface area contributed by atoms with E-state index in [1.54, 1.807) is 23.9 Å². The Morgan fingerprint density at radius 1 is 1.58 bits per heavy atom. The molecule has 0 aliphatic heterocycles. The van der Waals surface area contributed by atoms with Crippen molar-refractivity contribution in [3.05, 3.63) is 28.3 Å². The lowest BCUT2D eigenvalue weighted by Crippen LogP contribution is -2.04. The van der Waals surface area contributed by atoms with Crippen molar-refractivity contribution in [1.82, 2.24) is 4.98 Å². The maximum absolute atomic E-state index is 10.8. The minimum Gasteiger partial charge on any atom is -0.423 e. The van der Waals surface area contributed by atoms with E-state index in [0.717, 1.165) is 5.75 Å². The summed E-state index contributed by atoms with van der Waals surface area (Å²) in [7, 11) is 0. The highest BCUT2D eigenvalue weighted by atomic mass is 32.2. The highest BCUT2D eigenvalue weighted by Crippen LogP contribution is 2.27. The van der Waals surface area contributed by atoms with Crippen LogP contribution in [0.5, 0.6) is 0 Å². The Labute approximate surface area is 113 Å². The second-order valence-corrected chi connectivity index (χ2v) is 4.69. The van der Waals surface area contributed by atoms with E-state index in [-0.39, 0.29) is 17.2 Å². The molecule has 0 fully saturated rings. The second-order valence-electron chi connectivity index (χ2n) is 3.58. The molecule has 0 radical (unpaired) electrons. The van der Waals surface area contributed by atoms with Gasteiger partial charge in [-0.2, -0.15) is 4.98 Å². The quantitative estimate of drug-likeness (QED) is 0.378. The van der Waals surface area contributed by atoms with Crippen LogP contribution in [0.25, 0.3) is 11.1 Å². The van der Waals surface area contributed by atoms with Crippen LogP contribution in [0.2, 0.25) is 0 Å². The fraction of sp³-hybridized carbons (Fsp3) is 0.250. The van der Waals surface area contributed by atoms with Gasteiger partial charge in [-0.3, -0.25) is 10.1 Å². The number of nitro groups is 1. The summed E-state index contributed by atoms with van der Waals surface area (Å²) >= 11 is 1.61. The van der Waals surface area contributed by atoms with Gasteiger partial charge < -0.3 is 9.73 Å². The molecule has 1 aromatic heterocycles. The summed E-state index contributed by atoms with van der Waals surface area (Å²) in [6.07, 6.45) is 5.13. The molecule has 0 aliphatic carbocycles. The summed E-state index contributed by atoms with van der Waals surface area (Å²) in [6, 6.07) is 4.90. The molecule has 1 N–H and O–H groups in total. The highest BCUT2D eigenvalue weighted by molar-refractivity contribution is 7.99. The third-order valence-corrected chi connectivity index (χ3v) is 3.17. The van der Waals surface area contributed by atoms with Gasteiger partial charge in [-0.1, -0.05) is 12.0 Å². The number of benzene rings is 1. The molecule has 19 heavy (non-hydrogen) atoms. The van der Waals surface area contributed by atoms with E-state index in [1.165, 1.54) is 6.07 Å². The number of nitrogens with one attached hydrogen (secondary N) is 1. The molecule has 0 amide bonds. The first-order valence-electron chi connectivity index (χ1n) is 5.51. The standard InChI is InChI=1S/C12H11N3O3S/c1-2-7-19-8-6-13-12-14-11-9(15(16)17)4-3-5-10(11)18-12/h1,3-5H,6-8H2,(H,13,14). The zero-order valence-corrected chi connectivity index (χ0v) is 10.8. The lowest BCUT2D eigenvalue weighted by Gasteiger charge is -1.98. The van der Waals surface area contributed by atoms with Gasteiger partial charge in [0.05, 0.1) is 10.7 Å². The molecular weight excluding hydrogens is 266 g/mol. The van der Waals surface area contributed by atoms with Crippen molar-refractivity contribution >= 4 is 34.6 Å². The summed E-state index contributed by atoms with van der Waals surface area (Å²) in [5.74, 6) is 3.99. The molecular formula is C12H11N3O3S. The first-order chi connectivity index (χ1) is 9.22. The van der Waals surface area contributed by atoms with Crippen LogP contribution in [0.4, 0.5) is 11.7 Å². The van der Waals surface area contributed by atoms with Gasteiger partial charge in [-0.15, -0.1) is 18.2 Å². The molecule has 0 bridgehead atoms. The van der Waals surface area contributed by atoms with Gasteiger partial charge in [0.1, 0.15) is 0 Å². The van der Waals surface area contributed by atoms with E-state index in [9.17, 15) is 10.1 Å². The molecule has 0 aliphatic rings. The van der Waals surface area contributed by atoms with Crippen LogP contribution in [-0.4, -0.2) is 28.0 Å². The fourth-order valence-electron chi connectivity index (χ4n) is 1.52. The van der Waals surface area contributed by atoms with Crippen LogP contribution in [0, 0.1) is 22.5 Å². The van der Waals surface area contributed by atoms with Crippen LogP contribution >= 0.6 is 11.8 Å². The topological polar surface area (TPSA) is 81.2 Å². The molecule has 1 heterocycles. The molecule has 98 valence electrons. The molecule has 0 saturated carbocycles. The predicted molar refractivity (Wildman–Crippen MR) is 75.3 cm³/mol. The fourth-order valence-corrected chi connectivity index (χ4v) is 2.03. The zero-order valence-electron chi connectivity index (χ0n) is 9.96. The Morgan fingerprint density at radius 2 is 2.42 bits per heavy atom. The van der Waals surface area contributed by atoms with Crippen LogP contribution in [0.15, 0.2) is 22.6 Å². The van der Waals surface area contributed by atoms with Gasteiger partial charge in [-0.25, -0.2) is 0 Å². The summed E-state index contributed by atoms with van der Waals surface area (Å²) in [6.45, 7) is 0.632. The maximum Gasteiger partial charge on any atom is 0.298 e. The van der Waals surface area contributed by atoms with Crippen LogP contribution in [0.3, 0.4) is 0 Å². The molecule has 7 heteroatoms. The van der Waals surface area contributed by atoms with E-state index in [4.69, 9.17) is 10.8 Å². The average molecular weight is 277 g/mol. The molecule has 0 atom stereocenters. The number of anilines is 1. The molecule has 0 spiro atoms. The Bertz CT molecular complexity index is 633. The summed E-state index contributed by atoms with van der Waals surface area (Å²) in [4.78, 5) is 14.4. The SMILES string of the molecule is C#CCSCCNc1nc2c([N+](=O)[O-])cccc2o1. The van der Waals surface area contributed by atoms with Crippen LogP contribution in [0.1, 0.15) is 0 Å². The monoisotopic (exact) mass is 277 g/mol. The third-order valence-electron chi connectivity index (χ3n) is 2.30. The number of thioether (sulfide) groups is 1. The number of nitrogens with zero attached hydrogens (tertiary/aromatic N) is 2. The van der Waals surface area contributed by atoms with Crippen molar-refractivity contribution in [2.75, 3.05) is 23.4 Å². The van der Waals surface area contributed by atoms with Gasteiger partial charge in [0.2, 0.25) is 0 Å². The number of hydrogen-bond donors (Lipinski definition) is 1. The maximum atomic E-state index is 10.8. The number of hydrogen-bond acceptors (Lipinski definition) is 6. The Kier molecular flexibility index (Phi) is 4.26. The number of fused-ring (bicyclic) bond motifs is 1. The van der Waals surface area contributed by atoms with E-state index >= 15 is 0 Å². The summed E-state index contributed by atoms with van der Waals surface area (Å²) in [5, 5.41) is 13.8. The van der Waals surface area contributed by atoms with Crippen LogP contribution in [-0.2, 0) is 0 Å². The van der Waals surface area contributed by atoms with E-state index in [0.29, 0.717) is 17.9 Å². The van der Waals surface area contributed by atoms with Gasteiger partial charge in [0.15, 0.2) is 11.1 Å². The number of para-hydroxylation sites is 1. The Hall–Kier alpha value is -2.20. The summed E-state index contributed by atoms with van der Waals surface area (Å²) < 4.78 is 5.39. The Balaban J connectivity index is 2.07. The number of aromatic nitrogens is 1. The van der Waals surface area contributed by atoms with Crippen molar-refractivity contribution < 1.29 is 9.34 Å². The van der Waals surface area contributed by atoms with Crippen molar-refractivity contribution in [2.45, 2.75) is 0 Å². The largest absolute Gasteiger partial charge is 0.423 e. The second kappa shape index (κ2) is 6.11. The van der Waals surface area contributed by atoms with Gasteiger partial charge in [-0.05, 0) is 6.07 Å². The van der Waals surface area contributed by atoms with E-state index < -0.39 is 4.92 Å². The van der Waals surface area contributed by atoms with Crippen molar-refractivity contribution in [3.8, 4) is 12.3 Å². The summed E-state index contributed by atoms with van der Waals surface area (Å²) in [5.41, 5.74) is 0.593. The van der Waals surface area contributed by atoms with Gasteiger partial charge in [0, 0.05) is 18.4 Å². The molecule has 1 aromatic carbocycles. The smallest absolute Gasteiger partial charge is 0.298 e. The predicted octanol–water partition coefficient (Wildman–Crippen LogP) is 2.51. The minimum atomic E-state index is -0.475. The van der Waals surface area contributed by atoms with Crippen molar-refractivity contribution in [3.63, 3.8) is 0 Å². The number of nitro benzene ring substituents is 1. The van der Waals surface area contributed by atoms with Gasteiger partial charge >= 0.3 is 0 Å².